The maximum absolute atomic E-state index is 14.2. The van der Waals surface area contributed by atoms with Gasteiger partial charge in [0.2, 0.25) is 0 Å². The SMILES string of the molecule is Cn1nc(-c2cnc(N)c3ccccc23)c(C(F)(F)F)c1C(=O)Nc1ccnc(C(F)(F)F)c1. The summed E-state index contributed by atoms with van der Waals surface area (Å²) in [4.78, 5) is 19.9. The Bertz CT molecular complexity index is 1410. The minimum Gasteiger partial charge on any atom is -0.383 e. The van der Waals surface area contributed by atoms with Crippen LogP contribution in [0.2, 0.25) is 0 Å². The molecule has 3 aromatic heterocycles. The van der Waals surface area contributed by atoms with Gasteiger partial charge in [0.1, 0.15) is 28.5 Å². The van der Waals surface area contributed by atoms with Crippen LogP contribution in [-0.4, -0.2) is 25.7 Å². The van der Waals surface area contributed by atoms with E-state index < -0.39 is 40.9 Å². The van der Waals surface area contributed by atoms with Crippen LogP contribution < -0.4 is 11.1 Å². The summed E-state index contributed by atoms with van der Waals surface area (Å²) >= 11 is 0. The van der Waals surface area contributed by atoms with E-state index in [0.717, 1.165) is 25.5 Å². The first kappa shape index (κ1) is 23.0. The van der Waals surface area contributed by atoms with Crippen molar-refractivity contribution >= 4 is 28.2 Å². The average molecular weight is 480 g/mol. The molecule has 34 heavy (non-hydrogen) atoms. The van der Waals surface area contributed by atoms with Gasteiger partial charge in [0.15, 0.2) is 0 Å². The van der Waals surface area contributed by atoms with Crippen molar-refractivity contribution in [2.24, 2.45) is 7.05 Å². The molecule has 0 aliphatic carbocycles. The number of amides is 1. The Morgan fingerprint density at radius 3 is 2.32 bits per heavy atom. The fourth-order valence-electron chi connectivity index (χ4n) is 3.50. The fourth-order valence-corrected chi connectivity index (χ4v) is 3.50. The Hall–Kier alpha value is -4.16. The third kappa shape index (κ3) is 4.11. The van der Waals surface area contributed by atoms with E-state index in [1.165, 1.54) is 6.07 Å². The number of nitrogens with two attached hydrogens (primary N) is 1. The van der Waals surface area contributed by atoms with Gasteiger partial charge in [0, 0.05) is 36.1 Å². The molecule has 0 fully saturated rings. The molecule has 0 bridgehead atoms. The van der Waals surface area contributed by atoms with E-state index in [0.29, 0.717) is 21.5 Å². The summed E-state index contributed by atoms with van der Waals surface area (Å²) in [5, 5.41) is 6.69. The normalized spacial score (nSPS) is 12.2. The molecule has 1 aromatic carbocycles. The van der Waals surface area contributed by atoms with Gasteiger partial charge >= 0.3 is 12.4 Å². The number of pyridine rings is 2. The number of nitrogen functional groups attached to an aromatic ring is 1. The third-order valence-corrected chi connectivity index (χ3v) is 4.94. The quantitative estimate of drug-likeness (QED) is 0.407. The molecule has 4 aromatic rings. The van der Waals surface area contributed by atoms with Gasteiger partial charge in [-0.2, -0.15) is 31.4 Å². The van der Waals surface area contributed by atoms with Crippen LogP contribution in [0.1, 0.15) is 21.7 Å². The number of fused-ring (bicyclic) bond motifs is 1. The van der Waals surface area contributed by atoms with Crippen LogP contribution in [0.5, 0.6) is 0 Å². The van der Waals surface area contributed by atoms with E-state index in [-0.39, 0.29) is 17.1 Å². The monoisotopic (exact) mass is 480 g/mol. The topological polar surface area (TPSA) is 98.7 Å². The summed E-state index contributed by atoms with van der Waals surface area (Å²) in [5.74, 6) is -1.21. The van der Waals surface area contributed by atoms with Crippen LogP contribution in [-0.2, 0) is 19.4 Å². The molecule has 3 heterocycles. The van der Waals surface area contributed by atoms with Crippen molar-refractivity contribution in [2.45, 2.75) is 12.4 Å². The third-order valence-electron chi connectivity index (χ3n) is 4.94. The number of halogens is 6. The Morgan fingerprint density at radius 2 is 1.68 bits per heavy atom. The number of aryl methyl sites for hydroxylation is 1. The second kappa shape index (κ2) is 8.01. The second-order valence-electron chi connectivity index (χ2n) is 7.18. The van der Waals surface area contributed by atoms with Gasteiger partial charge in [-0.05, 0) is 17.5 Å². The van der Waals surface area contributed by atoms with Crippen molar-refractivity contribution in [3.63, 3.8) is 0 Å². The zero-order valence-electron chi connectivity index (χ0n) is 17.2. The number of aromatic nitrogens is 4. The fraction of sp³-hybridized carbons (Fsp3) is 0.143. The van der Waals surface area contributed by atoms with Gasteiger partial charge in [-0.3, -0.25) is 14.5 Å². The number of hydrogen-bond donors (Lipinski definition) is 2. The number of nitrogens with one attached hydrogen (secondary N) is 1. The summed E-state index contributed by atoms with van der Waals surface area (Å²) in [6.45, 7) is 0. The van der Waals surface area contributed by atoms with Gasteiger partial charge in [0.25, 0.3) is 5.91 Å². The van der Waals surface area contributed by atoms with Crippen molar-refractivity contribution in [3.05, 3.63) is 65.7 Å². The molecule has 0 aliphatic rings. The van der Waals surface area contributed by atoms with Crippen LogP contribution in [0.3, 0.4) is 0 Å². The summed E-state index contributed by atoms with van der Waals surface area (Å²) in [6, 6.07) is 7.88. The predicted molar refractivity (Wildman–Crippen MR) is 111 cm³/mol. The highest BCUT2D eigenvalue weighted by Gasteiger charge is 2.42. The summed E-state index contributed by atoms with van der Waals surface area (Å²) in [7, 11) is 1.12. The average Bonchev–Trinajstić information content (AvgIpc) is 3.11. The minimum atomic E-state index is -5.03. The standard InChI is InChI=1S/C21H14F6N6O/c1-33-17(19(34)31-10-6-7-29-14(8-10)20(22,23)24)15(21(25,26)27)16(32-33)13-9-30-18(28)12-5-3-2-4-11(12)13/h2-9H,1H3,(H2,28,30)(H,29,31,34). The smallest absolute Gasteiger partial charge is 0.383 e. The number of alkyl halides is 6. The van der Waals surface area contributed by atoms with Crippen LogP contribution in [0.25, 0.3) is 22.0 Å². The van der Waals surface area contributed by atoms with E-state index in [1.54, 1.807) is 18.2 Å². The van der Waals surface area contributed by atoms with E-state index in [1.807, 2.05) is 0 Å². The van der Waals surface area contributed by atoms with Crippen molar-refractivity contribution in [3.8, 4) is 11.3 Å². The molecule has 0 saturated carbocycles. The maximum atomic E-state index is 14.2. The Labute approximate surface area is 187 Å². The largest absolute Gasteiger partial charge is 0.433 e. The second-order valence-corrected chi connectivity index (χ2v) is 7.18. The first-order valence-corrected chi connectivity index (χ1v) is 9.50. The molecule has 3 N–H and O–H groups in total. The highest BCUT2D eigenvalue weighted by atomic mass is 19.4. The Balaban J connectivity index is 1.85. The molecule has 0 spiro atoms. The molecule has 0 atom stereocenters. The van der Waals surface area contributed by atoms with Crippen molar-refractivity contribution in [1.29, 1.82) is 0 Å². The van der Waals surface area contributed by atoms with E-state index in [4.69, 9.17) is 5.73 Å². The molecule has 4 rings (SSSR count). The molecule has 7 nitrogen and oxygen atoms in total. The van der Waals surface area contributed by atoms with Gasteiger partial charge in [-0.1, -0.05) is 24.3 Å². The summed E-state index contributed by atoms with van der Waals surface area (Å²) in [6.07, 6.45) is -7.94. The lowest BCUT2D eigenvalue weighted by atomic mass is 10.0. The highest BCUT2D eigenvalue weighted by molar-refractivity contribution is 6.07. The number of benzene rings is 1. The van der Waals surface area contributed by atoms with Crippen LogP contribution >= 0.6 is 0 Å². The molecule has 0 radical (unpaired) electrons. The van der Waals surface area contributed by atoms with Gasteiger partial charge < -0.3 is 11.1 Å². The van der Waals surface area contributed by atoms with Crippen molar-refractivity contribution in [1.82, 2.24) is 19.7 Å². The molecule has 1 amide bonds. The Kier molecular flexibility index (Phi) is 5.42. The van der Waals surface area contributed by atoms with Gasteiger partial charge in [0.05, 0.1) is 0 Å². The van der Waals surface area contributed by atoms with Gasteiger partial charge in [-0.15, -0.1) is 0 Å². The lowest BCUT2D eigenvalue weighted by Crippen LogP contribution is -2.21. The molecule has 0 saturated heterocycles. The lowest BCUT2D eigenvalue weighted by molar-refractivity contribution is -0.141. The number of anilines is 2. The maximum Gasteiger partial charge on any atom is 0.433 e. The zero-order valence-corrected chi connectivity index (χ0v) is 17.2. The minimum absolute atomic E-state index is 0.0185. The predicted octanol–water partition coefficient (Wildman–Crippen LogP) is 4.90. The number of carbonyl (C=O) groups is 1. The van der Waals surface area contributed by atoms with Crippen LogP contribution in [0.4, 0.5) is 37.8 Å². The van der Waals surface area contributed by atoms with E-state index >= 15 is 0 Å². The number of nitrogens with zero attached hydrogens (tertiary/aromatic N) is 4. The molecule has 0 aliphatic heterocycles. The van der Waals surface area contributed by atoms with Crippen molar-refractivity contribution in [2.75, 3.05) is 11.1 Å². The van der Waals surface area contributed by atoms with Gasteiger partial charge in [-0.25, -0.2) is 4.98 Å². The number of carbonyl (C=O) groups excluding carboxylic acids is 1. The molecule has 176 valence electrons. The first-order chi connectivity index (χ1) is 15.9. The first-order valence-electron chi connectivity index (χ1n) is 9.50. The van der Waals surface area contributed by atoms with Crippen molar-refractivity contribution < 1.29 is 31.1 Å². The number of hydrogen-bond acceptors (Lipinski definition) is 5. The van der Waals surface area contributed by atoms with E-state index in [9.17, 15) is 31.1 Å². The molecular weight excluding hydrogens is 466 g/mol. The highest BCUT2D eigenvalue weighted by Crippen LogP contribution is 2.41. The molecular formula is C21H14F6N6O. The molecule has 0 unspecified atom stereocenters. The van der Waals surface area contributed by atoms with Crippen LogP contribution in [0, 0.1) is 0 Å². The summed E-state index contributed by atoms with van der Waals surface area (Å²) in [5.41, 5.74) is 1.28. The van der Waals surface area contributed by atoms with Crippen LogP contribution in [0.15, 0.2) is 48.8 Å². The summed E-state index contributed by atoms with van der Waals surface area (Å²) < 4.78 is 81.9. The van der Waals surface area contributed by atoms with E-state index in [2.05, 4.69) is 20.4 Å². The Morgan fingerprint density at radius 1 is 1.00 bits per heavy atom. The lowest BCUT2D eigenvalue weighted by Gasteiger charge is -2.13. The molecule has 13 heteroatoms. The zero-order chi connectivity index (χ0) is 24.8. The number of rotatable bonds is 3.